The maximum atomic E-state index is 12.4. The standard InChI is InChI=1S/C19H22ClN3O3/c1-4-5-10-23(2)19(25)13-8-9-21-16(11-13)18(24)22-14-6-7-17(26-3)15(20)12-14/h6-9,11-12H,4-5,10H2,1-3H3,(H,22,24). The van der Waals surface area contributed by atoms with Gasteiger partial charge in [0.15, 0.2) is 0 Å². The number of nitrogens with one attached hydrogen (secondary N) is 1. The molecule has 2 amide bonds. The summed E-state index contributed by atoms with van der Waals surface area (Å²) in [6, 6.07) is 8.02. The van der Waals surface area contributed by atoms with E-state index >= 15 is 0 Å². The Hall–Kier alpha value is -2.60. The third kappa shape index (κ3) is 4.95. The van der Waals surface area contributed by atoms with Gasteiger partial charge in [-0.1, -0.05) is 24.9 Å². The molecule has 1 N–H and O–H groups in total. The molecular weight excluding hydrogens is 354 g/mol. The molecule has 0 spiro atoms. The van der Waals surface area contributed by atoms with Gasteiger partial charge in [0.1, 0.15) is 11.4 Å². The summed E-state index contributed by atoms with van der Waals surface area (Å²) < 4.78 is 5.08. The van der Waals surface area contributed by atoms with Crippen molar-refractivity contribution in [3.05, 3.63) is 52.8 Å². The average molecular weight is 376 g/mol. The number of methoxy groups -OCH3 is 1. The van der Waals surface area contributed by atoms with Crippen LogP contribution in [0.15, 0.2) is 36.5 Å². The number of ether oxygens (including phenoxy) is 1. The summed E-state index contributed by atoms with van der Waals surface area (Å²) in [5, 5.41) is 3.10. The first kappa shape index (κ1) is 19.7. The largest absolute Gasteiger partial charge is 0.495 e. The summed E-state index contributed by atoms with van der Waals surface area (Å²) in [7, 11) is 3.26. The van der Waals surface area contributed by atoms with Gasteiger partial charge in [-0.3, -0.25) is 14.6 Å². The molecule has 1 aromatic carbocycles. The van der Waals surface area contributed by atoms with E-state index in [9.17, 15) is 9.59 Å². The molecule has 0 fully saturated rings. The summed E-state index contributed by atoms with van der Waals surface area (Å²) in [5.41, 5.74) is 1.10. The Balaban J connectivity index is 2.12. The first-order valence-corrected chi connectivity index (χ1v) is 8.70. The number of unbranched alkanes of at least 4 members (excludes halogenated alkanes) is 1. The molecule has 0 aliphatic heterocycles. The van der Waals surface area contributed by atoms with Crippen LogP contribution in [0.4, 0.5) is 5.69 Å². The van der Waals surface area contributed by atoms with Crippen LogP contribution in [0.5, 0.6) is 5.75 Å². The van der Waals surface area contributed by atoms with Gasteiger partial charge in [-0.2, -0.15) is 0 Å². The second-order valence-corrected chi connectivity index (χ2v) is 6.22. The molecule has 26 heavy (non-hydrogen) atoms. The maximum absolute atomic E-state index is 12.4. The van der Waals surface area contributed by atoms with E-state index in [4.69, 9.17) is 16.3 Å². The molecule has 0 saturated carbocycles. The lowest BCUT2D eigenvalue weighted by molar-refractivity contribution is 0.0793. The number of hydrogen-bond acceptors (Lipinski definition) is 4. The number of benzene rings is 1. The number of nitrogens with zero attached hydrogens (tertiary/aromatic N) is 2. The fraction of sp³-hybridized carbons (Fsp3) is 0.316. The third-order valence-electron chi connectivity index (χ3n) is 3.84. The van der Waals surface area contributed by atoms with E-state index in [-0.39, 0.29) is 11.6 Å². The number of halogens is 1. The van der Waals surface area contributed by atoms with E-state index in [1.807, 2.05) is 0 Å². The van der Waals surface area contributed by atoms with Crippen LogP contribution in [-0.4, -0.2) is 42.4 Å². The van der Waals surface area contributed by atoms with Crippen LogP contribution < -0.4 is 10.1 Å². The van der Waals surface area contributed by atoms with Gasteiger partial charge in [0.05, 0.1) is 12.1 Å². The highest BCUT2D eigenvalue weighted by atomic mass is 35.5. The minimum atomic E-state index is -0.419. The fourth-order valence-electron chi connectivity index (χ4n) is 2.34. The van der Waals surface area contributed by atoms with E-state index in [2.05, 4.69) is 17.2 Å². The Morgan fingerprint density at radius 3 is 2.69 bits per heavy atom. The van der Waals surface area contributed by atoms with Crippen LogP contribution in [0.1, 0.15) is 40.6 Å². The number of amides is 2. The molecule has 138 valence electrons. The van der Waals surface area contributed by atoms with E-state index < -0.39 is 5.91 Å². The quantitative estimate of drug-likeness (QED) is 0.797. The highest BCUT2D eigenvalue weighted by Gasteiger charge is 2.15. The third-order valence-corrected chi connectivity index (χ3v) is 4.14. The summed E-state index contributed by atoms with van der Waals surface area (Å²) in [4.78, 5) is 30.6. The highest BCUT2D eigenvalue weighted by Crippen LogP contribution is 2.27. The number of rotatable bonds is 7. The summed E-state index contributed by atoms with van der Waals surface area (Å²) in [5.74, 6) is -0.0370. The van der Waals surface area contributed by atoms with E-state index in [0.29, 0.717) is 28.6 Å². The van der Waals surface area contributed by atoms with Gasteiger partial charge in [0.25, 0.3) is 11.8 Å². The van der Waals surface area contributed by atoms with Crippen molar-refractivity contribution in [3.8, 4) is 5.75 Å². The molecule has 6 nitrogen and oxygen atoms in total. The van der Waals surface area contributed by atoms with Gasteiger partial charge in [-0.05, 0) is 36.8 Å². The van der Waals surface area contributed by atoms with Gasteiger partial charge < -0.3 is 15.0 Å². The number of pyridine rings is 1. The predicted octanol–water partition coefficient (Wildman–Crippen LogP) is 3.87. The van der Waals surface area contributed by atoms with Crippen molar-refractivity contribution in [2.45, 2.75) is 19.8 Å². The van der Waals surface area contributed by atoms with Crippen LogP contribution in [0.3, 0.4) is 0 Å². The minimum Gasteiger partial charge on any atom is -0.495 e. The summed E-state index contributed by atoms with van der Waals surface area (Å²) in [6.45, 7) is 2.74. The van der Waals surface area contributed by atoms with Crippen LogP contribution in [-0.2, 0) is 0 Å². The molecule has 2 rings (SSSR count). The van der Waals surface area contributed by atoms with Crippen molar-refractivity contribution in [3.63, 3.8) is 0 Å². The topological polar surface area (TPSA) is 71.5 Å². The number of aromatic nitrogens is 1. The van der Waals surface area contributed by atoms with Gasteiger partial charge in [-0.25, -0.2) is 0 Å². The molecule has 7 heteroatoms. The first-order chi connectivity index (χ1) is 12.5. The van der Waals surface area contributed by atoms with Crippen molar-refractivity contribution in [2.75, 3.05) is 26.0 Å². The van der Waals surface area contributed by atoms with Crippen LogP contribution >= 0.6 is 11.6 Å². The fourth-order valence-corrected chi connectivity index (χ4v) is 2.60. The van der Waals surface area contributed by atoms with E-state index in [0.717, 1.165) is 12.8 Å². The Morgan fingerprint density at radius 2 is 2.04 bits per heavy atom. The Kier molecular flexibility index (Phi) is 6.97. The number of carbonyl (C=O) groups excluding carboxylic acids is 2. The van der Waals surface area contributed by atoms with Crippen molar-refractivity contribution in [2.24, 2.45) is 0 Å². The van der Waals surface area contributed by atoms with Crippen molar-refractivity contribution >= 4 is 29.1 Å². The van der Waals surface area contributed by atoms with Crippen LogP contribution in [0, 0.1) is 0 Å². The highest BCUT2D eigenvalue weighted by molar-refractivity contribution is 6.32. The lowest BCUT2D eigenvalue weighted by Crippen LogP contribution is -2.28. The van der Waals surface area contributed by atoms with Gasteiger partial charge in [0, 0.05) is 31.0 Å². The molecule has 0 saturated heterocycles. The summed E-state index contributed by atoms with van der Waals surface area (Å²) >= 11 is 6.06. The van der Waals surface area contributed by atoms with Crippen molar-refractivity contribution < 1.29 is 14.3 Å². The van der Waals surface area contributed by atoms with Crippen molar-refractivity contribution in [1.82, 2.24) is 9.88 Å². The van der Waals surface area contributed by atoms with Gasteiger partial charge in [0.2, 0.25) is 0 Å². The van der Waals surface area contributed by atoms with Crippen molar-refractivity contribution in [1.29, 1.82) is 0 Å². The Morgan fingerprint density at radius 1 is 1.27 bits per heavy atom. The number of hydrogen-bond donors (Lipinski definition) is 1. The molecule has 1 heterocycles. The smallest absolute Gasteiger partial charge is 0.274 e. The minimum absolute atomic E-state index is 0.137. The predicted molar refractivity (Wildman–Crippen MR) is 102 cm³/mol. The Bertz CT molecular complexity index is 795. The molecule has 0 aliphatic rings. The molecule has 2 aromatic rings. The average Bonchev–Trinajstić information content (AvgIpc) is 2.65. The van der Waals surface area contributed by atoms with Gasteiger partial charge >= 0.3 is 0 Å². The molecule has 1 aromatic heterocycles. The lowest BCUT2D eigenvalue weighted by Gasteiger charge is -2.17. The molecule has 0 radical (unpaired) electrons. The normalized spacial score (nSPS) is 10.3. The first-order valence-electron chi connectivity index (χ1n) is 8.32. The Labute approximate surface area is 158 Å². The van der Waals surface area contributed by atoms with Gasteiger partial charge in [-0.15, -0.1) is 0 Å². The maximum Gasteiger partial charge on any atom is 0.274 e. The SMILES string of the molecule is CCCCN(C)C(=O)c1ccnc(C(=O)Nc2ccc(OC)c(Cl)c2)c1. The molecule has 0 aliphatic carbocycles. The molecular formula is C19H22ClN3O3. The molecule has 0 unspecified atom stereocenters. The van der Waals surface area contributed by atoms with Crippen LogP contribution in [0.2, 0.25) is 5.02 Å². The molecule has 0 atom stereocenters. The zero-order valence-corrected chi connectivity index (χ0v) is 15.8. The lowest BCUT2D eigenvalue weighted by atomic mass is 10.2. The zero-order valence-electron chi connectivity index (χ0n) is 15.1. The summed E-state index contributed by atoms with van der Waals surface area (Å²) in [6.07, 6.45) is 3.39. The number of carbonyl (C=O) groups is 2. The van der Waals surface area contributed by atoms with Crippen LogP contribution in [0.25, 0.3) is 0 Å². The molecule has 0 bridgehead atoms. The zero-order chi connectivity index (χ0) is 19.1. The second-order valence-electron chi connectivity index (χ2n) is 5.81. The van der Waals surface area contributed by atoms with E-state index in [1.165, 1.54) is 19.4 Å². The number of anilines is 1. The van der Waals surface area contributed by atoms with E-state index in [1.54, 1.807) is 36.2 Å². The monoisotopic (exact) mass is 375 g/mol. The second kappa shape index (κ2) is 9.20.